The van der Waals surface area contributed by atoms with Gasteiger partial charge in [-0.3, -0.25) is 4.79 Å². The molecule has 1 aromatic rings. The maximum Gasteiger partial charge on any atom is 0.324 e. The van der Waals surface area contributed by atoms with Gasteiger partial charge in [-0.05, 0) is 51.0 Å². The lowest BCUT2D eigenvalue weighted by Crippen LogP contribution is -2.53. The molecule has 0 heterocycles. The van der Waals surface area contributed by atoms with Crippen molar-refractivity contribution in [1.82, 2.24) is 4.31 Å². The molecule has 1 aromatic carbocycles. The van der Waals surface area contributed by atoms with Crippen molar-refractivity contribution in [3.8, 4) is 6.07 Å². The zero-order valence-electron chi connectivity index (χ0n) is 13.1. The topological polar surface area (TPSA) is 98.5 Å². The Balaban J connectivity index is 3.42. The number of nitriles is 1. The summed E-state index contributed by atoms with van der Waals surface area (Å²) < 4.78 is 26.5. The van der Waals surface area contributed by atoms with Gasteiger partial charge >= 0.3 is 5.97 Å². The second-order valence-electron chi connectivity index (χ2n) is 5.60. The van der Waals surface area contributed by atoms with Gasteiger partial charge in [0.25, 0.3) is 0 Å². The summed E-state index contributed by atoms with van der Waals surface area (Å²) in [5, 5.41) is 18.0. The lowest BCUT2D eigenvalue weighted by atomic mass is 10.1. The van der Waals surface area contributed by atoms with E-state index in [1.165, 1.54) is 26.0 Å². The molecule has 0 fully saturated rings. The van der Waals surface area contributed by atoms with Crippen molar-refractivity contribution in [2.45, 2.75) is 44.6 Å². The van der Waals surface area contributed by atoms with Crippen molar-refractivity contribution in [3.05, 3.63) is 29.3 Å². The Labute approximate surface area is 131 Å². The normalized spacial score (nSPS) is 12.2. The number of aliphatic carboxylic acids is 1. The minimum Gasteiger partial charge on any atom is -0.480 e. The zero-order valence-corrected chi connectivity index (χ0v) is 13.9. The number of sulfonamides is 1. The van der Waals surface area contributed by atoms with E-state index < -0.39 is 21.5 Å². The van der Waals surface area contributed by atoms with Crippen LogP contribution in [0.2, 0.25) is 0 Å². The number of hydrogen-bond donors (Lipinski definition) is 1. The Kier molecular flexibility index (Phi) is 5.33. The predicted molar refractivity (Wildman–Crippen MR) is 81.8 cm³/mol. The van der Waals surface area contributed by atoms with Crippen molar-refractivity contribution in [2.75, 3.05) is 6.54 Å². The summed E-state index contributed by atoms with van der Waals surface area (Å²) in [6.07, 6.45) is -0.0826. The van der Waals surface area contributed by atoms with Crippen LogP contribution in [-0.2, 0) is 14.8 Å². The fourth-order valence-corrected chi connectivity index (χ4v) is 3.79. The van der Waals surface area contributed by atoms with E-state index in [0.29, 0.717) is 0 Å². The van der Waals surface area contributed by atoms with Crippen molar-refractivity contribution in [1.29, 1.82) is 5.26 Å². The second kappa shape index (κ2) is 6.46. The second-order valence-corrected chi connectivity index (χ2v) is 7.46. The minimum absolute atomic E-state index is 0.0304. The fourth-order valence-electron chi connectivity index (χ4n) is 1.96. The zero-order chi connectivity index (χ0) is 17.1. The maximum atomic E-state index is 12.8. The molecule has 0 saturated heterocycles. The van der Waals surface area contributed by atoms with E-state index in [-0.39, 0.29) is 17.9 Å². The number of benzene rings is 1. The van der Waals surface area contributed by atoms with Crippen molar-refractivity contribution >= 4 is 16.0 Å². The molecule has 1 N–H and O–H groups in total. The van der Waals surface area contributed by atoms with Crippen LogP contribution >= 0.6 is 0 Å². The Morgan fingerprint density at radius 3 is 2.36 bits per heavy atom. The monoisotopic (exact) mass is 324 g/mol. The Morgan fingerprint density at radius 2 is 1.91 bits per heavy atom. The van der Waals surface area contributed by atoms with Gasteiger partial charge in [-0.25, -0.2) is 8.42 Å². The SMILES string of the molecule is Cc1ccc(S(=O)(=O)N(CCC#N)C(C)(C)C(=O)O)cc1C. The summed E-state index contributed by atoms with van der Waals surface area (Å²) in [5.74, 6) is -1.27. The van der Waals surface area contributed by atoms with E-state index in [2.05, 4.69) is 0 Å². The predicted octanol–water partition coefficient (Wildman–Crippen LogP) is 2.07. The molecule has 0 spiro atoms. The first-order chi connectivity index (χ1) is 10.0. The highest BCUT2D eigenvalue weighted by atomic mass is 32.2. The molecule has 6 nitrogen and oxygen atoms in total. The highest BCUT2D eigenvalue weighted by Crippen LogP contribution is 2.26. The molecule has 1 rings (SSSR count). The molecule has 0 unspecified atom stereocenters. The summed E-state index contributed by atoms with van der Waals surface area (Å²) >= 11 is 0. The van der Waals surface area contributed by atoms with Crippen LogP contribution in [0.15, 0.2) is 23.1 Å². The standard InChI is InChI=1S/C15H20N2O4S/c1-11-6-7-13(10-12(11)2)22(20,21)17(9-5-8-16)15(3,4)14(18)19/h6-7,10H,5,9H2,1-4H3,(H,18,19). The maximum absolute atomic E-state index is 12.8. The molecule has 0 aromatic heterocycles. The summed E-state index contributed by atoms with van der Waals surface area (Å²) in [7, 11) is -4.01. The van der Waals surface area contributed by atoms with Gasteiger partial charge in [-0.1, -0.05) is 6.07 Å². The average molecular weight is 324 g/mol. The van der Waals surface area contributed by atoms with Crippen LogP contribution < -0.4 is 0 Å². The van der Waals surface area contributed by atoms with E-state index in [1.54, 1.807) is 13.0 Å². The first-order valence-electron chi connectivity index (χ1n) is 6.75. The highest BCUT2D eigenvalue weighted by Gasteiger charge is 2.42. The van der Waals surface area contributed by atoms with Crippen molar-refractivity contribution in [3.63, 3.8) is 0 Å². The van der Waals surface area contributed by atoms with Crippen LogP contribution in [0.25, 0.3) is 0 Å². The largest absolute Gasteiger partial charge is 0.480 e. The van der Waals surface area contributed by atoms with Gasteiger partial charge in [-0.2, -0.15) is 9.57 Å². The summed E-state index contributed by atoms with van der Waals surface area (Å²) in [4.78, 5) is 11.5. The van der Waals surface area contributed by atoms with Crippen LogP contribution in [0.4, 0.5) is 0 Å². The van der Waals surface area contributed by atoms with Crippen LogP contribution in [0.3, 0.4) is 0 Å². The molecule has 0 aliphatic heterocycles. The van der Waals surface area contributed by atoms with Gasteiger partial charge in [-0.15, -0.1) is 0 Å². The fraction of sp³-hybridized carbons (Fsp3) is 0.467. The molecule has 0 aliphatic carbocycles. The third-order valence-corrected chi connectivity index (χ3v) is 5.71. The summed E-state index contributed by atoms with van der Waals surface area (Å²) in [6, 6.07) is 6.50. The number of rotatable bonds is 6. The lowest BCUT2D eigenvalue weighted by Gasteiger charge is -2.33. The quantitative estimate of drug-likeness (QED) is 0.863. The third kappa shape index (κ3) is 3.46. The summed E-state index contributed by atoms with van der Waals surface area (Å²) in [5.41, 5.74) is 0.100. The van der Waals surface area contributed by atoms with Crippen LogP contribution in [-0.4, -0.2) is 35.9 Å². The number of nitrogens with zero attached hydrogens (tertiary/aromatic N) is 2. The number of hydrogen-bond acceptors (Lipinski definition) is 4. The van der Waals surface area contributed by atoms with Gasteiger partial charge < -0.3 is 5.11 Å². The molecule has 22 heavy (non-hydrogen) atoms. The molecule has 0 bridgehead atoms. The van der Waals surface area contributed by atoms with Gasteiger partial charge in [0.15, 0.2) is 0 Å². The van der Waals surface area contributed by atoms with Gasteiger partial charge in [0, 0.05) is 13.0 Å². The van der Waals surface area contributed by atoms with Crippen LogP contribution in [0, 0.1) is 25.2 Å². The number of carboxylic acid groups (broad SMARTS) is 1. The Morgan fingerprint density at radius 1 is 1.32 bits per heavy atom. The van der Waals surface area contributed by atoms with E-state index in [9.17, 15) is 18.3 Å². The lowest BCUT2D eigenvalue weighted by molar-refractivity contribution is -0.146. The molecule has 0 aliphatic rings. The first-order valence-corrected chi connectivity index (χ1v) is 8.19. The molecule has 7 heteroatoms. The number of carboxylic acids is 1. The van der Waals surface area contributed by atoms with E-state index >= 15 is 0 Å². The van der Waals surface area contributed by atoms with Crippen molar-refractivity contribution < 1.29 is 18.3 Å². The Bertz CT molecular complexity index is 718. The number of carbonyl (C=O) groups is 1. The van der Waals surface area contributed by atoms with Crippen molar-refractivity contribution in [2.24, 2.45) is 0 Å². The Hall–Kier alpha value is -1.91. The van der Waals surface area contributed by atoms with E-state index in [4.69, 9.17) is 5.26 Å². The smallest absolute Gasteiger partial charge is 0.324 e. The van der Waals surface area contributed by atoms with Gasteiger partial charge in [0.1, 0.15) is 5.54 Å². The highest BCUT2D eigenvalue weighted by molar-refractivity contribution is 7.89. The molecule has 0 saturated carbocycles. The number of aryl methyl sites for hydroxylation is 2. The van der Waals surface area contributed by atoms with Gasteiger partial charge in [0.2, 0.25) is 10.0 Å². The first kappa shape index (κ1) is 18.1. The molecule has 0 radical (unpaired) electrons. The molecule has 0 atom stereocenters. The van der Waals surface area contributed by atoms with Crippen LogP contribution in [0.5, 0.6) is 0 Å². The van der Waals surface area contributed by atoms with Crippen LogP contribution in [0.1, 0.15) is 31.4 Å². The molecular weight excluding hydrogens is 304 g/mol. The molecule has 0 amide bonds. The van der Waals surface area contributed by atoms with E-state index in [1.807, 2.05) is 13.0 Å². The third-order valence-electron chi connectivity index (χ3n) is 3.64. The molecular formula is C15H20N2O4S. The summed E-state index contributed by atoms with van der Waals surface area (Å²) in [6.45, 7) is 6.10. The minimum atomic E-state index is -4.01. The average Bonchev–Trinajstić information content (AvgIpc) is 2.41. The van der Waals surface area contributed by atoms with E-state index in [0.717, 1.165) is 15.4 Å². The molecule has 120 valence electrons. The van der Waals surface area contributed by atoms with Gasteiger partial charge in [0.05, 0.1) is 11.0 Å².